The topological polar surface area (TPSA) is 69.0 Å². The van der Waals surface area contributed by atoms with Crippen LogP contribution in [0.25, 0.3) is 10.9 Å². The van der Waals surface area contributed by atoms with Crippen LogP contribution in [0.1, 0.15) is 40.3 Å². The van der Waals surface area contributed by atoms with Gasteiger partial charge in [0, 0.05) is 31.2 Å². The average molecular weight is 468 g/mol. The zero-order valence-electron chi connectivity index (χ0n) is 17.9. The molecule has 0 aliphatic carbocycles. The summed E-state index contributed by atoms with van der Waals surface area (Å²) < 4.78 is 74.6. The van der Waals surface area contributed by atoms with Gasteiger partial charge < -0.3 is 10.1 Å². The quantitative estimate of drug-likeness (QED) is 0.546. The van der Waals surface area contributed by atoms with Gasteiger partial charge in [-0.3, -0.25) is 9.48 Å². The normalized spacial score (nSPS) is 15.2. The number of ether oxygens (including phenoxy) is 1. The Morgan fingerprint density at radius 2 is 1.82 bits per heavy atom. The van der Waals surface area contributed by atoms with Crippen LogP contribution in [0.4, 0.5) is 27.6 Å². The van der Waals surface area contributed by atoms with Crippen molar-refractivity contribution in [2.75, 3.05) is 18.5 Å². The summed E-state index contributed by atoms with van der Waals surface area (Å²) in [7, 11) is 0. The van der Waals surface area contributed by atoms with Gasteiger partial charge in [0.2, 0.25) is 0 Å². The number of halogens is 5. The van der Waals surface area contributed by atoms with Crippen molar-refractivity contribution in [1.29, 1.82) is 0 Å². The summed E-state index contributed by atoms with van der Waals surface area (Å²) in [5.74, 6) is -3.20. The van der Waals surface area contributed by atoms with Crippen molar-refractivity contribution in [3.63, 3.8) is 0 Å². The van der Waals surface area contributed by atoms with Gasteiger partial charge in [0.1, 0.15) is 5.69 Å². The predicted octanol–water partition coefficient (Wildman–Crippen LogP) is 5.02. The number of aryl methyl sites for hydroxylation is 1. The van der Waals surface area contributed by atoms with E-state index in [0.29, 0.717) is 61.0 Å². The summed E-state index contributed by atoms with van der Waals surface area (Å²) in [6.07, 6.45) is -3.12. The number of aromatic nitrogens is 3. The maximum absolute atomic E-state index is 13.8. The Labute approximate surface area is 185 Å². The van der Waals surface area contributed by atoms with Crippen LogP contribution in [0.15, 0.2) is 18.2 Å². The molecule has 0 spiro atoms. The highest BCUT2D eigenvalue weighted by molar-refractivity contribution is 6.12. The van der Waals surface area contributed by atoms with Crippen LogP contribution in [0.2, 0.25) is 0 Å². The van der Waals surface area contributed by atoms with Crippen LogP contribution < -0.4 is 5.32 Å². The lowest BCUT2D eigenvalue weighted by Crippen LogP contribution is -2.21. The van der Waals surface area contributed by atoms with E-state index < -0.39 is 40.5 Å². The number of fused-ring (bicyclic) bond motifs is 1. The van der Waals surface area contributed by atoms with Crippen LogP contribution in [0.5, 0.6) is 0 Å². The first kappa shape index (κ1) is 23.1. The van der Waals surface area contributed by atoms with Gasteiger partial charge in [-0.05, 0) is 44.7 Å². The van der Waals surface area contributed by atoms with E-state index in [1.807, 2.05) is 0 Å². The second-order valence-electron chi connectivity index (χ2n) is 8.07. The number of anilines is 1. The smallest absolute Gasteiger partial charge is 0.381 e. The Hall–Kier alpha value is -3.08. The Balaban J connectivity index is 1.70. The number of hydrogen-bond donors (Lipinski definition) is 1. The van der Waals surface area contributed by atoms with Gasteiger partial charge in [-0.25, -0.2) is 13.8 Å². The van der Waals surface area contributed by atoms with Gasteiger partial charge in [0.15, 0.2) is 11.6 Å². The summed E-state index contributed by atoms with van der Waals surface area (Å²) >= 11 is 0. The zero-order valence-corrected chi connectivity index (χ0v) is 17.9. The van der Waals surface area contributed by atoms with Gasteiger partial charge in [0.25, 0.3) is 5.91 Å². The number of carbonyl (C=O) groups excluding carboxylic acids is 1. The number of pyridine rings is 1. The van der Waals surface area contributed by atoms with Gasteiger partial charge >= 0.3 is 6.18 Å². The van der Waals surface area contributed by atoms with Crippen molar-refractivity contribution in [3.05, 3.63) is 52.5 Å². The maximum Gasteiger partial charge on any atom is 0.433 e. The summed E-state index contributed by atoms with van der Waals surface area (Å²) in [6.45, 7) is 5.37. The summed E-state index contributed by atoms with van der Waals surface area (Å²) in [5, 5.41) is 6.82. The molecule has 0 radical (unpaired) electrons. The van der Waals surface area contributed by atoms with Gasteiger partial charge in [-0.15, -0.1) is 0 Å². The molecule has 0 saturated carbocycles. The molecule has 3 aromatic rings. The highest BCUT2D eigenvalue weighted by Crippen LogP contribution is 2.32. The van der Waals surface area contributed by atoms with Gasteiger partial charge in [-0.2, -0.15) is 18.3 Å². The van der Waals surface area contributed by atoms with E-state index in [4.69, 9.17) is 4.74 Å². The standard InChI is InChI=1S/C22H21F5N4O2/c1-11-20(12(2)31(30-11)10-13-3-5-33-6-4-13)29-21(32)15-8-19(22(25,26)27)28-18-9-17(24)16(23)7-14(15)18/h7-9,13H,3-6,10H2,1-2H3,(H,29,32). The third-order valence-electron chi connectivity index (χ3n) is 5.78. The molecule has 1 N–H and O–H groups in total. The Morgan fingerprint density at radius 1 is 1.15 bits per heavy atom. The first-order valence-corrected chi connectivity index (χ1v) is 10.3. The van der Waals surface area contributed by atoms with E-state index in [0.717, 1.165) is 12.8 Å². The monoisotopic (exact) mass is 468 g/mol. The lowest BCUT2D eigenvalue weighted by Gasteiger charge is -2.22. The second-order valence-corrected chi connectivity index (χ2v) is 8.07. The van der Waals surface area contributed by atoms with Crippen molar-refractivity contribution in [1.82, 2.24) is 14.8 Å². The molecule has 3 heterocycles. The molecule has 0 atom stereocenters. The van der Waals surface area contributed by atoms with E-state index in [2.05, 4.69) is 15.4 Å². The molecule has 1 saturated heterocycles. The van der Waals surface area contributed by atoms with Gasteiger partial charge in [0.05, 0.1) is 28.2 Å². The van der Waals surface area contributed by atoms with Crippen LogP contribution in [-0.2, 0) is 17.5 Å². The lowest BCUT2D eigenvalue weighted by molar-refractivity contribution is -0.140. The molecule has 0 bridgehead atoms. The van der Waals surface area contributed by atoms with Crippen molar-refractivity contribution in [2.45, 2.75) is 39.4 Å². The molecule has 1 aromatic carbocycles. The molecule has 1 amide bonds. The first-order valence-electron chi connectivity index (χ1n) is 10.3. The van der Waals surface area contributed by atoms with Crippen molar-refractivity contribution < 1.29 is 31.5 Å². The molecule has 1 fully saturated rings. The van der Waals surface area contributed by atoms with E-state index in [1.54, 1.807) is 18.5 Å². The molecule has 1 aliphatic rings. The fourth-order valence-corrected chi connectivity index (χ4v) is 3.96. The molecule has 33 heavy (non-hydrogen) atoms. The lowest BCUT2D eigenvalue weighted by atomic mass is 10.0. The largest absolute Gasteiger partial charge is 0.433 e. The first-order chi connectivity index (χ1) is 15.5. The number of alkyl halides is 3. The minimum Gasteiger partial charge on any atom is -0.381 e. The zero-order chi connectivity index (χ0) is 23.9. The minimum atomic E-state index is -4.88. The molecular formula is C22H21F5N4O2. The molecule has 176 valence electrons. The average Bonchev–Trinajstić information content (AvgIpc) is 3.01. The van der Waals surface area contributed by atoms with E-state index in [9.17, 15) is 26.7 Å². The fourth-order valence-electron chi connectivity index (χ4n) is 3.96. The summed E-state index contributed by atoms with van der Waals surface area (Å²) in [4.78, 5) is 16.4. The van der Waals surface area contributed by atoms with Crippen molar-refractivity contribution in [2.24, 2.45) is 5.92 Å². The number of nitrogens with one attached hydrogen (secondary N) is 1. The third kappa shape index (κ3) is 4.68. The molecular weight excluding hydrogens is 447 g/mol. The highest BCUT2D eigenvalue weighted by atomic mass is 19.4. The van der Waals surface area contributed by atoms with Crippen LogP contribution in [0, 0.1) is 31.4 Å². The highest BCUT2D eigenvalue weighted by Gasteiger charge is 2.34. The van der Waals surface area contributed by atoms with Crippen LogP contribution >= 0.6 is 0 Å². The SMILES string of the molecule is Cc1nn(CC2CCOCC2)c(C)c1NC(=O)c1cc(C(F)(F)F)nc2cc(F)c(F)cc12. The molecule has 1 aliphatic heterocycles. The number of carbonyl (C=O) groups is 1. The summed E-state index contributed by atoms with van der Waals surface area (Å²) in [5.41, 5.74) is -0.846. The Morgan fingerprint density at radius 3 is 2.48 bits per heavy atom. The Bertz CT molecular complexity index is 1220. The molecule has 11 heteroatoms. The van der Waals surface area contributed by atoms with E-state index in [-0.39, 0.29) is 5.39 Å². The number of amides is 1. The molecule has 2 aromatic heterocycles. The number of rotatable bonds is 4. The number of nitrogens with zero attached hydrogens (tertiary/aromatic N) is 3. The number of benzene rings is 1. The second kappa shape index (κ2) is 8.69. The van der Waals surface area contributed by atoms with Crippen LogP contribution in [-0.4, -0.2) is 33.9 Å². The fraction of sp³-hybridized carbons (Fsp3) is 0.409. The van der Waals surface area contributed by atoms with Gasteiger partial charge in [-0.1, -0.05) is 0 Å². The Kier molecular flexibility index (Phi) is 6.08. The molecule has 6 nitrogen and oxygen atoms in total. The molecule has 4 rings (SSSR count). The third-order valence-corrected chi connectivity index (χ3v) is 5.78. The number of hydrogen-bond acceptors (Lipinski definition) is 4. The van der Waals surface area contributed by atoms with Crippen molar-refractivity contribution in [3.8, 4) is 0 Å². The van der Waals surface area contributed by atoms with E-state index in [1.165, 1.54) is 0 Å². The predicted molar refractivity (Wildman–Crippen MR) is 110 cm³/mol. The minimum absolute atomic E-state index is 0.232. The summed E-state index contributed by atoms with van der Waals surface area (Å²) in [6, 6.07) is 1.74. The molecule has 0 unspecified atom stereocenters. The van der Waals surface area contributed by atoms with Crippen LogP contribution in [0.3, 0.4) is 0 Å². The maximum atomic E-state index is 13.8. The van der Waals surface area contributed by atoms with Crippen molar-refractivity contribution >= 4 is 22.5 Å². The van der Waals surface area contributed by atoms with E-state index >= 15 is 0 Å².